The number of nitrogens with one attached hydrogen (secondary N) is 1. The molecule has 1 aromatic heterocycles. The van der Waals surface area contributed by atoms with Crippen molar-refractivity contribution in [1.82, 2.24) is 9.88 Å². The molecule has 1 atom stereocenters. The van der Waals surface area contributed by atoms with Crippen LogP contribution in [-0.4, -0.2) is 34.3 Å². The van der Waals surface area contributed by atoms with Crippen LogP contribution in [0.4, 0.5) is 0 Å². The monoisotopic (exact) mass is 249 g/mol. The van der Waals surface area contributed by atoms with Crippen LogP contribution in [0.2, 0.25) is 0 Å². The van der Waals surface area contributed by atoms with E-state index >= 15 is 0 Å². The summed E-state index contributed by atoms with van der Waals surface area (Å²) >= 11 is 0. The third kappa shape index (κ3) is 2.42. The number of nitrogens with zero attached hydrogens (tertiary/aromatic N) is 1. The number of pyridine rings is 1. The molecule has 1 aliphatic heterocycles. The molecule has 0 spiro atoms. The standard InChI is InChI=1S/C12H15N3O3/c13-11(17)9-5-1-2-7-15(9)12(18)8-4-3-6-10(16)14-8/h3-4,6,9H,1-2,5,7H2,(H2,13,17)(H,14,16). The second-order valence-corrected chi connectivity index (χ2v) is 4.34. The lowest BCUT2D eigenvalue weighted by atomic mass is 10.0. The number of primary amides is 1. The number of likely N-dealkylation sites (tertiary alicyclic amines) is 1. The molecular formula is C12H15N3O3. The zero-order chi connectivity index (χ0) is 13.1. The highest BCUT2D eigenvalue weighted by molar-refractivity contribution is 5.95. The molecule has 1 aliphatic rings. The van der Waals surface area contributed by atoms with Gasteiger partial charge in [0, 0.05) is 12.6 Å². The molecule has 2 heterocycles. The zero-order valence-corrected chi connectivity index (χ0v) is 9.89. The number of carbonyl (C=O) groups is 2. The highest BCUT2D eigenvalue weighted by atomic mass is 16.2. The second kappa shape index (κ2) is 5.03. The Bertz CT molecular complexity index is 523. The predicted octanol–water partition coefficient (Wildman–Crippen LogP) is -0.145. The van der Waals surface area contributed by atoms with E-state index < -0.39 is 11.9 Å². The number of carbonyl (C=O) groups excluding carboxylic acids is 2. The lowest BCUT2D eigenvalue weighted by Crippen LogP contribution is -2.50. The fraction of sp³-hybridized carbons (Fsp3) is 0.417. The summed E-state index contributed by atoms with van der Waals surface area (Å²) in [5.41, 5.74) is 5.15. The molecule has 0 aliphatic carbocycles. The van der Waals surface area contributed by atoms with Gasteiger partial charge in [0.25, 0.3) is 5.91 Å². The van der Waals surface area contributed by atoms with Gasteiger partial charge in [-0.3, -0.25) is 14.4 Å². The molecule has 18 heavy (non-hydrogen) atoms. The molecule has 1 fully saturated rings. The Labute approximate surface area is 104 Å². The van der Waals surface area contributed by atoms with Gasteiger partial charge in [-0.2, -0.15) is 0 Å². The average molecular weight is 249 g/mol. The first-order valence-corrected chi connectivity index (χ1v) is 5.89. The zero-order valence-electron chi connectivity index (χ0n) is 9.89. The second-order valence-electron chi connectivity index (χ2n) is 4.34. The van der Waals surface area contributed by atoms with E-state index in [4.69, 9.17) is 5.73 Å². The Hall–Kier alpha value is -2.11. The van der Waals surface area contributed by atoms with Gasteiger partial charge in [-0.15, -0.1) is 0 Å². The normalized spacial score (nSPS) is 19.6. The fourth-order valence-electron chi connectivity index (χ4n) is 2.20. The Morgan fingerprint density at radius 3 is 2.78 bits per heavy atom. The molecule has 1 unspecified atom stereocenters. The Balaban J connectivity index is 2.26. The van der Waals surface area contributed by atoms with Crippen molar-refractivity contribution < 1.29 is 9.59 Å². The topological polar surface area (TPSA) is 96.3 Å². The summed E-state index contributed by atoms with van der Waals surface area (Å²) in [7, 11) is 0. The van der Waals surface area contributed by atoms with E-state index in [0.29, 0.717) is 13.0 Å². The molecule has 2 rings (SSSR count). The van der Waals surface area contributed by atoms with E-state index in [-0.39, 0.29) is 17.2 Å². The van der Waals surface area contributed by atoms with Gasteiger partial charge in [0.2, 0.25) is 11.5 Å². The smallest absolute Gasteiger partial charge is 0.271 e. The van der Waals surface area contributed by atoms with E-state index in [2.05, 4.69) is 4.98 Å². The molecule has 0 radical (unpaired) electrons. The van der Waals surface area contributed by atoms with Crippen LogP contribution in [0.3, 0.4) is 0 Å². The molecule has 0 bridgehead atoms. The first-order valence-electron chi connectivity index (χ1n) is 5.89. The van der Waals surface area contributed by atoms with Crippen LogP contribution in [0.1, 0.15) is 29.8 Å². The van der Waals surface area contributed by atoms with Crippen LogP contribution in [0.15, 0.2) is 23.0 Å². The number of aromatic nitrogens is 1. The van der Waals surface area contributed by atoms with E-state index in [1.807, 2.05) is 0 Å². The minimum Gasteiger partial charge on any atom is -0.368 e. The quantitative estimate of drug-likeness (QED) is 0.763. The molecule has 1 aromatic rings. The summed E-state index contributed by atoms with van der Waals surface area (Å²) in [4.78, 5) is 38.6. The van der Waals surface area contributed by atoms with E-state index in [0.717, 1.165) is 12.8 Å². The van der Waals surface area contributed by atoms with Gasteiger partial charge in [0.1, 0.15) is 11.7 Å². The molecule has 6 heteroatoms. The number of nitrogens with two attached hydrogens (primary N) is 1. The van der Waals surface area contributed by atoms with E-state index in [1.54, 1.807) is 0 Å². The van der Waals surface area contributed by atoms with Crippen molar-refractivity contribution in [2.75, 3.05) is 6.54 Å². The van der Waals surface area contributed by atoms with Crippen molar-refractivity contribution in [1.29, 1.82) is 0 Å². The number of H-pyrrole nitrogens is 1. The van der Waals surface area contributed by atoms with Crippen molar-refractivity contribution in [2.24, 2.45) is 5.73 Å². The van der Waals surface area contributed by atoms with E-state index in [9.17, 15) is 14.4 Å². The Morgan fingerprint density at radius 1 is 1.33 bits per heavy atom. The first-order chi connectivity index (χ1) is 8.59. The van der Waals surface area contributed by atoms with Gasteiger partial charge in [0.15, 0.2) is 0 Å². The molecule has 2 amide bonds. The number of amides is 2. The minimum absolute atomic E-state index is 0.190. The summed E-state index contributed by atoms with van der Waals surface area (Å²) in [5.74, 6) is -0.850. The molecule has 96 valence electrons. The lowest BCUT2D eigenvalue weighted by molar-refractivity contribution is -0.123. The summed E-state index contributed by atoms with van der Waals surface area (Å²) in [6, 6.07) is 3.79. The van der Waals surface area contributed by atoms with Crippen molar-refractivity contribution in [3.8, 4) is 0 Å². The molecule has 0 saturated carbocycles. The van der Waals surface area contributed by atoms with Crippen LogP contribution in [-0.2, 0) is 4.79 Å². The lowest BCUT2D eigenvalue weighted by Gasteiger charge is -2.33. The number of piperidine rings is 1. The maximum absolute atomic E-state index is 12.2. The highest BCUT2D eigenvalue weighted by Crippen LogP contribution is 2.18. The van der Waals surface area contributed by atoms with Crippen LogP contribution in [0.25, 0.3) is 0 Å². The van der Waals surface area contributed by atoms with Crippen molar-refractivity contribution >= 4 is 11.8 Å². The molecule has 0 aromatic carbocycles. The van der Waals surface area contributed by atoms with Gasteiger partial charge >= 0.3 is 0 Å². The van der Waals surface area contributed by atoms with Gasteiger partial charge in [0.05, 0.1) is 0 Å². The van der Waals surface area contributed by atoms with Crippen LogP contribution < -0.4 is 11.3 Å². The largest absolute Gasteiger partial charge is 0.368 e. The average Bonchev–Trinajstić information content (AvgIpc) is 2.38. The summed E-state index contributed by atoms with van der Waals surface area (Å²) in [5, 5.41) is 0. The van der Waals surface area contributed by atoms with Crippen LogP contribution >= 0.6 is 0 Å². The first kappa shape index (κ1) is 12.3. The SMILES string of the molecule is NC(=O)C1CCCCN1C(=O)c1cccc(=O)[nH]1. The van der Waals surface area contributed by atoms with Gasteiger partial charge < -0.3 is 15.6 Å². The summed E-state index contributed by atoms with van der Waals surface area (Å²) in [6.07, 6.45) is 2.30. The Morgan fingerprint density at radius 2 is 2.11 bits per heavy atom. The third-order valence-electron chi connectivity index (χ3n) is 3.09. The summed E-state index contributed by atoms with van der Waals surface area (Å²) < 4.78 is 0. The van der Waals surface area contributed by atoms with Crippen molar-refractivity contribution in [2.45, 2.75) is 25.3 Å². The number of rotatable bonds is 2. The van der Waals surface area contributed by atoms with Crippen molar-refractivity contribution in [3.05, 3.63) is 34.2 Å². The minimum atomic E-state index is -0.574. The predicted molar refractivity (Wildman–Crippen MR) is 64.9 cm³/mol. The number of aromatic amines is 1. The fourth-order valence-corrected chi connectivity index (χ4v) is 2.20. The molecule has 1 saturated heterocycles. The molecule has 3 N–H and O–H groups in total. The maximum Gasteiger partial charge on any atom is 0.271 e. The number of hydrogen-bond donors (Lipinski definition) is 2. The third-order valence-corrected chi connectivity index (χ3v) is 3.09. The highest BCUT2D eigenvalue weighted by Gasteiger charge is 2.31. The number of hydrogen-bond acceptors (Lipinski definition) is 3. The summed E-state index contributed by atoms with van der Waals surface area (Å²) in [6.45, 7) is 0.489. The molecular weight excluding hydrogens is 234 g/mol. The Kier molecular flexibility index (Phi) is 3.45. The van der Waals surface area contributed by atoms with Crippen LogP contribution in [0, 0.1) is 0 Å². The van der Waals surface area contributed by atoms with E-state index in [1.165, 1.54) is 23.1 Å². The van der Waals surface area contributed by atoms with Crippen LogP contribution in [0.5, 0.6) is 0 Å². The maximum atomic E-state index is 12.2. The van der Waals surface area contributed by atoms with Crippen molar-refractivity contribution in [3.63, 3.8) is 0 Å². The van der Waals surface area contributed by atoms with Gasteiger partial charge in [-0.25, -0.2) is 0 Å². The molecule has 6 nitrogen and oxygen atoms in total. The van der Waals surface area contributed by atoms with Gasteiger partial charge in [-0.05, 0) is 25.3 Å². The van der Waals surface area contributed by atoms with Gasteiger partial charge in [-0.1, -0.05) is 6.07 Å².